The minimum absolute atomic E-state index is 0.0209. The van der Waals surface area contributed by atoms with Crippen molar-refractivity contribution in [2.75, 3.05) is 0 Å². The Morgan fingerprint density at radius 2 is 1.54 bits per heavy atom. The lowest BCUT2D eigenvalue weighted by molar-refractivity contribution is -0.274. The summed E-state index contributed by atoms with van der Waals surface area (Å²) in [6, 6.07) is 18.0. The second-order valence-electron chi connectivity index (χ2n) is 7.69. The van der Waals surface area contributed by atoms with Gasteiger partial charge in [-0.1, -0.05) is 23.2 Å². The Labute approximate surface area is 208 Å². The molecule has 0 saturated carbocycles. The highest BCUT2D eigenvalue weighted by Gasteiger charge is 2.32. The number of nitriles is 1. The van der Waals surface area contributed by atoms with Gasteiger partial charge >= 0.3 is 6.36 Å². The first-order chi connectivity index (χ1) is 16.6. The first-order valence-corrected chi connectivity index (χ1v) is 11.1. The van der Waals surface area contributed by atoms with E-state index in [0.717, 1.165) is 6.07 Å². The van der Waals surface area contributed by atoms with Gasteiger partial charge in [-0.3, -0.25) is 4.57 Å². The van der Waals surface area contributed by atoms with Crippen LogP contribution in [-0.2, 0) is 0 Å². The Morgan fingerprint density at radius 3 is 2.17 bits per heavy atom. The van der Waals surface area contributed by atoms with E-state index in [4.69, 9.17) is 32.7 Å². The second-order valence-corrected chi connectivity index (χ2v) is 8.48. The van der Waals surface area contributed by atoms with Crippen LogP contribution in [0.3, 0.4) is 0 Å². The molecule has 0 atom stereocenters. The van der Waals surface area contributed by atoms with E-state index < -0.39 is 12.1 Å². The summed E-state index contributed by atoms with van der Waals surface area (Å²) in [7, 11) is 0. The normalized spacial score (nSPS) is 11.5. The number of fused-ring (bicyclic) bond motifs is 1. The van der Waals surface area contributed by atoms with Gasteiger partial charge in [0.05, 0.1) is 21.7 Å². The van der Waals surface area contributed by atoms with Gasteiger partial charge in [0.1, 0.15) is 29.0 Å². The molecule has 0 bridgehead atoms. The number of halogens is 5. The van der Waals surface area contributed by atoms with Crippen LogP contribution >= 0.6 is 23.2 Å². The summed E-state index contributed by atoms with van der Waals surface area (Å²) in [4.78, 5) is 0. The molecule has 0 N–H and O–H groups in total. The number of aromatic nitrogens is 1. The fourth-order valence-electron chi connectivity index (χ4n) is 3.49. The quantitative estimate of drug-likeness (QED) is 0.256. The summed E-state index contributed by atoms with van der Waals surface area (Å²) in [6.45, 7) is 3.85. The molecule has 4 rings (SSSR count). The summed E-state index contributed by atoms with van der Waals surface area (Å²) >= 11 is 12.3. The van der Waals surface area contributed by atoms with Crippen molar-refractivity contribution in [1.82, 2.24) is 4.57 Å². The van der Waals surface area contributed by atoms with E-state index in [-0.39, 0.29) is 27.6 Å². The zero-order valence-electron chi connectivity index (χ0n) is 18.4. The minimum atomic E-state index is -4.90. The van der Waals surface area contributed by atoms with Crippen molar-refractivity contribution in [2.45, 2.75) is 26.3 Å². The molecule has 0 aliphatic carbocycles. The highest BCUT2D eigenvalue weighted by molar-refractivity contribution is 6.37. The van der Waals surface area contributed by atoms with E-state index in [9.17, 15) is 18.4 Å². The SMILES string of the molecule is CC(C)Oc1ccc(-n2c(C#N)c(Cl)c3cc(Oc4ccc(Cl)c(OC(F)(F)F)c4)ccc32)cc1. The summed E-state index contributed by atoms with van der Waals surface area (Å²) < 4.78 is 54.9. The zero-order chi connectivity index (χ0) is 25.3. The van der Waals surface area contributed by atoms with E-state index in [1.165, 1.54) is 12.1 Å². The van der Waals surface area contributed by atoms with Crippen LogP contribution in [0.2, 0.25) is 10.0 Å². The topological polar surface area (TPSA) is 56.4 Å². The van der Waals surface area contributed by atoms with Crippen molar-refractivity contribution in [2.24, 2.45) is 0 Å². The van der Waals surface area contributed by atoms with Crippen molar-refractivity contribution in [1.29, 1.82) is 5.26 Å². The van der Waals surface area contributed by atoms with Crippen molar-refractivity contribution < 1.29 is 27.4 Å². The van der Waals surface area contributed by atoms with Gasteiger partial charge in [0.25, 0.3) is 0 Å². The molecule has 10 heteroatoms. The Kier molecular flexibility index (Phi) is 6.75. The van der Waals surface area contributed by atoms with Crippen molar-refractivity contribution in [3.8, 4) is 34.8 Å². The lowest BCUT2D eigenvalue weighted by Crippen LogP contribution is -2.17. The van der Waals surface area contributed by atoms with Crippen LogP contribution < -0.4 is 14.2 Å². The van der Waals surface area contributed by atoms with Crippen LogP contribution in [0.25, 0.3) is 16.6 Å². The molecule has 0 spiro atoms. The molecule has 1 heterocycles. The fraction of sp³-hybridized carbons (Fsp3) is 0.160. The number of alkyl halides is 3. The molecule has 4 aromatic rings. The smallest absolute Gasteiger partial charge is 0.491 e. The molecule has 35 heavy (non-hydrogen) atoms. The summed E-state index contributed by atoms with van der Waals surface area (Å²) in [5.74, 6) is 0.475. The molecule has 0 aliphatic rings. The number of benzene rings is 3. The molecular formula is C25H17Cl2F3N2O3. The van der Waals surface area contributed by atoms with Crippen LogP contribution in [-0.4, -0.2) is 17.0 Å². The average molecular weight is 521 g/mol. The summed E-state index contributed by atoms with van der Waals surface area (Å²) in [6.07, 6.45) is -4.88. The minimum Gasteiger partial charge on any atom is -0.491 e. The van der Waals surface area contributed by atoms with Gasteiger partial charge in [0.2, 0.25) is 0 Å². The van der Waals surface area contributed by atoms with Crippen LogP contribution in [0.15, 0.2) is 60.7 Å². The molecule has 180 valence electrons. The van der Waals surface area contributed by atoms with Crippen molar-refractivity contribution in [3.05, 3.63) is 76.4 Å². The van der Waals surface area contributed by atoms with Gasteiger partial charge in [0, 0.05) is 17.1 Å². The van der Waals surface area contributed by atoms with Crippen LogP contribution in [0.1, 0.15) is 19.5 Å². The third-order valence-electron chi connectivity index (χ3n) is 4.81. The van der Waals surface area contributed by atoms with E-state index >= 15 is 0 Å². The van der Waals surface area contributed by atoms with Gasteiger partial charge in [-0.15, -0.1) is 13.2 Å². The van der Waals surface area contributed by atoms with Crippen LogP contribution in [0.5, 0.6) is 23.0 Å². The van der Waals surface area contributed by atoms with Gasteiger partial charge in [0.15, 0.2) is 5.75 Å². The monoisotopic (exact) mass is 520 g/mol. The maximum absolute atomic E-state index is 12.6. The number of nitrogens with zero attached hydrogens (tertiary/aromatic N) is 2. The molecule has 0 unspecified atom stereocenters. The molecule has 1 aromatic heterocycles. The average Bonchev–Trinajstić information content (AvgIpc) is 3.06. The molecule has 0 saturated heterocycles. The number of hydrogen-bond acceptors (Lipinski definition) is 4. The predicted octanol–water partition coefficient (Wildman–Crippen LogP) is 8.29. The highest BCUT2D eigenvalue weighted by Crippen LogP contribution is 2.38. The third-order valence-corrected chi connectivity index (χ3v) is 5.51. The van der Waals surface area contributed by atoms with Crippen LogP contribution in [0.4, 0.5) is 13.2 Å². The highest BCUT2D eigenvalue weighted by atomic mass is 35.5. The Bertz CT molecular complexity index is 1430. The zero-order valence-corrected chi connectivity index (χ0v) is 19.9. The van der Waals surface area contributed by atoms with Gasteiger partial charge in [-0.25, -0.2) is 0 Å². The van der Waals surface area contributed by atoms with E-state index in [0.29, 0.717) is 28.1 Å². The maximum atomic E-state index is 12.6. The van der Waals surface area contributed by atoms with Gasteiger partial charge in [-0.05, 0) is 68.4 Å². The fourth-order valence-corrected chi connectivity index (χ4v) is 3.93. The number of hydrogen-bond donors (Lipinski definition) is 0. The standard InChI is InChI=1S/C25H17Cl2F3N2O3/c1-14(2)33-16-5-3-15(4-6-16)32-21-10-8-17(11-19(21)24(27)22(32)13-31)34-18-7-9-20(26)23(12-18)35-25(28,29)30/h3-12,14H,1-2H3. The lowest BCUT2D eigenvalue weighted by Gasteiger charge is -2.13. The van der Waals surface area contributed by atoms with Crippen molar-refractivity contribution >= 4 is 34.1 Å². The number of rotatable bonds is 6. The second kappa shape index (κ2) is 9.61. The largest absolute Gasteiger partial charge is 0.573 e. The maximum Gasteiger partial charge on any atom is 0.573 e. The summed E-state index contributed by atoms with van der Waals surface area (Å²) in [5.41, 5.74) is 1.58. The van der Waals surface area contributed by atoms with Crippen LogP contribution in [0, 0.1) is 11.3 Å². The summed E-state index contributed by atoms with van der Waals surface area (Å²) in [5, 5.41) is 10.3. The third kappa shape index (κ3) is 5.42. The first-order valence-electron chi connectivity index (χ1n) is 10.3. The molecule has 3 aromatic carbocycles. The molecule has 0 radical (unpaired) electrons. The predicted molar refractivity (Wildman–Crippen MR) is 127 cm³/mol. The van der Waals surface area contributed by atoms with E-state index in [1.807, 2.05) is 26.0 Å². The Hall–Kier alpha value is -3.54. The van der Waals surface area contributed by atoms with E-state index in [2.05, 4.69) is 10.8 Å². The Morgan fingerprint density at radius 1 is 0.914 bits per heavy atom. The van der Waals surface area contributed by atoms with Gasteiger partial charge in [-0.2, -0.15) is 5.26 Å². The van der Waals surface area contributed by atoms with Gasteiger partial charge < -0.3 is 14.2 Å². The molecular weight excluding hydrogens is 504 g/mol. The lowest BCUT2D eigenvalue weighted by atomic mass is 10.2. The van der Waals surface area contributed by atoms with Crippen molar-refractivity contribution in [3.63, 3.8) is 0 Å². The molecule has 5 nitrogen and oxygen atoms in total. The molecule has 0 amide bonds. The number of ether oxygens (including phenoxy) is 3. The Balaban J connectivity index is 1.70. The first kappa shape index (κ1) is 24.6. The molecule has 0 fully saturated rings. The molecule has 0 aliphatic heterocycles. The van der Waals surface area contributed by atoms with E-state index in [1.54, 1.807) is 34.9 Å².